The van der Waals surface area contributed by atoms with Crippen LogP contribution in [-0.2, 0) is 9.59 Å². The monoisotopic (exact) mass is 307 g/mol. The van der Waals surface area contributed by atoms with Crippen molar-refractivity contribution in [1.82, 2.24) is 4.90 Å². The molecule has 1 saturated heterocycles. The van der Waals surface area contributed by atoms with Crippen LogP contribution in [0.25, 0.3) is 6.08 Å². The summed E-state index contributed by atoms with van der Waals surface area (Å²) in [6.45, 7) is 0.428. The first kappa shape index (κ1) is 16.0. The maximum Gasteiger partial charge on any atom is 0.326 e. The van der Waals surface area contributed by atoms with Gasteiger partial charge in [-0.2, -0.15) is 0 Å². The quantitative estimate of drug-likeness (QED) is 0.867. The van der Waals surface area contributed by atoms with E-state index in [1.165, 1.54) is 36.3 Å². The molecule has 6 heteroatoms. The second kappa shape index (κ2) is 7.06. The zero-order valence-corrected chi connectivity index (χ0v) is 12.3. The molecule has 0 spiro atoms. The number of rotatable bonds is 4. The third-order valence-corrected chi connectivity index (χ3v) is 3.67. The van der Waals surface area contributed by atoms with E-state index in [1.54, 1.807) is 6.07 Å². The number of benzene rings is 1. The molecule has 22 heavy (non-hydrogen) atoms. The summed E-state index contributed by atoms with van der Waals surface area (Å²) < 4.78 is 18.4. The number of methoxy groups -OCH3 is 1. The number of aliphatic carboxylic acids is 1. The van der Waals surface area contributed by atoms with E-state index >= 15 is 0 Å². The number of carbonyl (C=O) groups is 2. The Hall–Kier alpha value is -2.37. The van der Waals surface area contributed by atoms with Crippen LogP contribution in [0, 0.1) is 5.82 Å². The first-order valence-electron chi connectivity index (χ1n) is 7.08. The number of carboxylic acid groups (broad SMARTS) is 1. The minimum absolute atomic E-state index is 0.130. The summed E-state index contributed by atoms with van der Waals surface area (Å²) in [5.41, 5.74) is 0.510. The second-order valence-electron chi connectivity index (χ2n) is 5.11. The van der Waals surface area contributed by atoms with Crippen LogP contribution in [0.1, 0.15) is 24.8 Å². The van der Waals surface area contributed by atoms with Gasteiger partial charge in [0, 0.05) is 12.6 Å². The molecule has 5 nitrogen and oxygen atoms in total. The van der Waals surface area contributed by atoms with E-state index in [9.17, 15) is 14.0 Å². The van der Waals surface area contributed by atoms with E-state index in [4.69, 9.17) is 9.84 Å². The van der Waals surface area contributed by atoms with Crippen molar-refractivity contribution < 1.29 is 23.8 Å². The van der Waals surface area contributed by atoms with Gasteiger partial charge in [0.15, 0.2) is 11.6 Å². The molecule has 0 aliphatic carbocycles. The van der Waals surface area contributed by atoms with Crippen molar-refractivity contribution in [3.05, 3.63) is 35.7 Å². The predicted molar refractivity (Wildman–Crippen MR) is 79.0 cm³/mol. The molecule has 0 saturated carbocycles. The van der Waals surface area contributed by atoms with Crippen LogP contribution in [0.15, 0.2) is 24.3 Å². The molecule has 1 aliphatic heterocycles. The fourth-order valence-electron chi connectivity index (χ4n) is 2.50. The molecule has 118 valence electrons. The van der Waals surface area contributed by atoms with Gasteiger partial charge in [-0.05, 0) is 43.0 Å². The van der Waals surface area contributed by atoms with Crippen LogP contribution >= 0.6 is 0 Å². The Morgan fingerprint density at radius 3 is 2.82 bits per heavy atom. The maximum absolute atomic E-state index is 13.6. The second-order valence-corrected chi connectivity index (χ2v) is 5.11. The molecule has 1 N–H and O–H groups in total. The lowest BCUT2D eigenvalue weighted by Crippen LogP contribution is -2.47. The number of likely N-dealkylation sites (tertiary alicyclic amines) is 1. The smallest absolute Gasteiger partial charge is 0.326 e. The highest BCUT2D eigenvalue weighted by Crippen LogP contribution is 2.20. The minimum atomic E-state index is -0.989. The minimum Gasteiger partial charge on any atom is -0.494 e. The Kier molecular flexibility index (Phi) is 5.14. The zero-order chi connectivity index (χ0) is 16.1. The van der Waals surface area contributed by atoms with Gasteiger partial charge in [0.1, 0.15) is 6.04 Å². The molecule has 1 fully saturated rings. The largest absolute Gasteiger partial charge is 0.494 e. The summed E-state index contributed by atoms with van der Waals surface area (Å²) in [4.78, 5) is 24.7. The normalized spacial score (nSPS) is 18.5. The number of hydrogen-bond donors (Lipinski definition) is 1. The van der Waals surface area contributed by atoms with E-state index in [-0.39, 0.29) is 11.7 Å². The Bertz CT molecular complexity index is 600. The lowest BCUT2D eigenvalue weighted by Gasteiger charge is -2.32. The van der Waals surface area contributed by atoms with Crippen molar-refractivity contribution in [3.63, 3.8) is 0 Å². The van der Waals surface area contributed by atoms with Crippen molar-refractivity contribution in [1.29, 1.82) is 0 Å². The van der Waals surface area contributed by atoms with Crippen LogP contribution in [0.2, 0.25) is 0 Å². The van der Waals surface area contributed by atoms with Crippen molar-refractivity contribution in [3.8, 4) is 5.75 Å². The first-order valence-corrected chi connectivity index (χ1v) is 7.08. The number of piperidine rings is 1. The zero-order valence-electron chi connectivity index (χ0n) is 12.3. The van der Waals surface area contributed by atoms with E-state index in [1.807, 2.05) is 0 Å². The van der Waals surface area contributed by atoms with Crippen LogP contribution in [0.4, 0.5) is 4.39 Å². The SMILES string of the molecule is COc1ccc(/C=C/C(=O)N2CCCCC2C(=O)O)cc1F. The Balaban J connectivity index is 2.10. The topological polar surface area (TPSA) is 66.8 Å². The number of ether oxygens (including phenoxy) is 1. The van der Waals surface area contributed by atoms with Crippen LogP contribution in [0.5, 0.6) is 5.75 Å². The standard InChI is InChI=1S/C16H18FNO4/c1-22-14-7-5-11(10-12(14)17)6-8-15(19)18-9-3-2-4-13(18)16(20)21/h5-8,10,13H,2-4,9H2,1H3,(H,20,21)/b8-6+. The van der Waals surface area contributed by atoms with Crippen molar-refractivity contribution in [2.75, 3.05) is 13.7 Å². The van der Waals surface area contributed by atoms with Gasteiger partial charge in [0.2, 0.25) is 5.91 Å². The molecule has 0 aromatic heterocycles. The van der Waals surface area contributed by atoms with Gasteiger partial charge in [-0.3, -0.25) is 4.79 Å². The van der Waals surface area contributed by atoms with Gasteiger partial charge in [0.25, 0.3) is 0 Å². The Labute approximate surface area is 128 Å². The van der Waals surface area contributed by atoms with Crippen LogP contribution < -0.4 is 4.74 Å². The molecule has 0 bridgehead atoms. The lowest BCUT2D eigenvalue weighted by atomic mass is 10.0. The molecule has 1 aromatic rings. The van der Waals surface area contributed by atoms with E-state index in [0.29, 0.717) is 18.5 Å². The predicted octanol–water partition coefficient (Wildman–Crippen LogP) is 2.31. The third-order valence-electron chi connectivity index (χ3n) is 3.67. The third kappa shape index (κ3) is 3.63. The fraction of sp³-hybridized carbons (Fsp3) is 0.375. The highest BCUT2D eigenvalue weighted by molar-refractivity contribution is 5.94. The van der Waals surface area contributed by atoms with E-state index in [0.717, 1.165) is 12.8 Å². The Morgan fingerprint density at radius 2 is 2.18 bits per heavy atom. The van der Waals surface area contributed by atoms with Gasteiger partial charge >= 0.3 is 5.97 Å². The molecule has 1 aliphatic rings. The average Bonchev–Trinajstić information content (AvgIpc) is 2.52. The Morgan fingerprint density at radius 1 is 1.41 bits per heavy atom. The van der Waals surface area contributed by atoms with Crippen LogP contribution in [-0.4, -0.2) is 41.6 Å². The summed E-state index contributed by atoms with van der Waals surface area (Å²) in [6, 6.07) is 3.57. The molecule has 1 amide bonds. The molecule has 2 rings (SSSR count). The average molecular weight is 307 g/mol. The fourth-order valence-corrected chi connectivity index (χ4v) is 2.50. The number of hydrogen-bond acceptors (Lipinski definition) is 3. The summed E-state index contributed by atoms with van der Waals surface area (Å²) in [7, 11) is 1.37. The van der Waals surface area contributed by atoms with Gasteiger partial charge in [-0.25, -0.2) is 9.18 Å². The summed E-state index contributed by atoms with van der Waals surface area (Å²) in [6.07, 6.45) is 4.81. The number of halogens is 1. The molecule has 1 unspecified atom stereocenters. The van der Waals surface area contributed by atoms with Gasteiger partial charge in [-0.1, -0.05) is 6.07 Å². The molecular weight excluding hydrogens is 289 g/mol. The molecule has 1 aromatic carbocycles. The summed E-state index contributed by atoms with van der Waals surface area (Å²) >= 11 is 0. The van der Waals surface area contributed by atoms with Gasteiger partial charge in [0.05, 0.1) is 7.11 Å². The summed E-state index contributed by atoms with van der Waals surface area (Å²) in [5, 5.41) is 9.16. The maximum atomic E-state index is 13.6. The molecule has 1 heterocycles. The van der Waals surface area contributed by atoms with E-state index < -0.39 is 17.8 Å². The van der Waals surface area contributed by atoms with Crippen LogP contribution in [0.3, 0.4) is 0 Å². The number of nitrogens with zero attached hydrogens (tertiary/aromatic N) is 1. The van der Waals surface area contributed by atoms with Gasteiger partial charge in [-0.15, -0.1) is 0 Å². The lowest BCUT2D eigenvalue weighted by molar-refractivity contribution is -0.150. The number of carbonyl (C=O) groups excluding carboxylic acids is 1. The highest BCUT2D eigenvalue weighted by atomic mass is 19.1. The number of amides is 1. The first-order chi connectivity index (χ1) is 10.5. The molecule has 0 radical (unpaired) electrons. The summed E-state index contributed by atoms with van der Waals surface area (Å²) in [5.74, 6) is -1.75. The van der Waals surface area contributed by atoms with Crippen molar-refractivity contribution in [2.45, 2.75) is 25.3 Å². The van der Waals surface area contributed by atoms with Crippen molar-refractivity contribution >= 4 is 18.0 Å². The van der Waals surface area contributed by atoms with Crippen molar-refractivity contribution in [2.24, 2.45) is 0 Å². The van der Waals surface area contributed by atoms with E-state index in [2.05, 4.69) is 0 Å². The highest BCUT2D eigenvalue weighted by Gasteiger charge is 2.30. The molecule has 1 atom stereocenters. The number of carboxylic acids is 1. The van der Waals surface area contributed by atoms with Gasteiger partial charge < -0.3 is 14.7 Å². The molecular formula is C16H18FNO4.